The van der Waals surface area contributed by atoms with E-state index in [4.69, 9.17) is 0 Å². The standard InChI is InChI=1S/C12H20N4O/c1-16-11(5-7-15-16)9-14-12(17)8-10-4-2-3-6-13-10/h5,7,10,13H,2-4,6,8-9H2,1H3,(H,14,17). The van der Waals surface area contributed by atoms with Gasteiger partial charge in [-0.15, -0.1) is 0 Å². The predicted molar refractivity (Wildman–Crippen MR) is 65.3 cm³/mol. The predicted octanol–water partition coefficient (Wildman–Crippen LogP) is 0.568. The molecule has 17 heavy (non-hydrogen) atoms. The highest BCUT2D eigenvalue weighted by Crippen LogP contribution is 2.09. The van der Waals surface area contributed by atoms with Crippen LogP contribution in [0.3, 0.4) is 0 Å². The Labute approximate surface area is 102 Å². The van der Waals surface area contributed by atoms with Crippen molar-refractivity contribution in [1.29, 1.82) is 0 Å². The smallest absolute Gasteiger partial charge is 0.221 e. The Balaban J connectivity index is 1.72. The van der Waals surface area contributed by atoms with Crippen LogP contribution in [-0.2, 0) is 18.4 Å². The Morgan fingerprint density at radius 1 is 1.65 bits per heavy atom. The molecule has 1 aromatic heterocycles. The molecule has 1 aliphatic heterocycles. The minimum atomic E-state index is 0.116. The number of nitrogens with zero attached hydrogens (tertiary/aromatic N) is 2. The van der Waals surface area contributed by atoms with E-state index in [1.807, 2.05) is 13.1 Å². The number of amides is 1. The van der Waals surface area contributed by atoms with Crippen molar-refractivity contribution in [2.75, 3.05) is 6.54 Å². The topological polar surface area (TPSA) is 59.0 Å². The van der Waals surface area contributed by atoms with Gasteiger partial charge in [-0.3, -0.25) is 9.48 Å². The lowest BCUT2D eigenvalue weighted by Gasteiger charge is -2.22. The first-order valence-electron chi connectivity index (χ1n) is 6.22. The van der Waals surface area contributed by atoms with Crippen LogP contribution in [0.15, 0.2) is 12.3 Å². The van der Waals surface area contributed by atoms with Gasteiger partial charge in [0.15, 0.2) is 0 Å². The van der Waals surface area contributed by atoms with E-state index < -0.39 is 0 Å². The highest BCUT2D eigenvalue weighted by molar-refractivity contribution is 5.76. The maximum absolute atomic E-state index is 11.7. The molecule has 1 unspecified atom stereocenters. The molecule has 0 aromatic carbocycles. The van der Waals surface area contributed by atoms with Gasteiger partial charge in [0, 0.05) is 25.7 Å². The lowest BCUT2D eigenvalue weighted by molar-refractivity contribution is -0.121. The molecule has 1 atom stereocenters. The molecular weight excluding hydrogens is 216 g/mol. The number of carbonyl (C=O) groups is 1. The molecule has 5 nitrogen and oxygen atoms in total. The third-order valence-electron chi connectivity index (χ3n) is 3.23. The van der Waals surface area contributed by atoms with E-state index in [9.17, 15) is 4.79 Å². The Bertz CT molecular complexity index is 368. The summed E-state index contributed by atoms with van der Waals surface area (Å²) < 4.78 is 1.78. The zero-order chi connectivity index (χ0) is 12.1. The largest absolute Gasteiger partial charge is 0.350 e. The molecule has 5 heteroatoms. The summed E-state index contributed by atoms with van der Waals surface area (Å²) in [5, 5.41) is 10.4. The van der Waals surface area contributed by atoms with Crippen molar-refractivity contribution in [3.8, 4) is 0 Å². The molecule has 0 bridgehead atoms. The van der Waals surface area contributed by atoms with Gasteiger partial charge in [0.2, 0.25) is 5.91 Å². The molecule has 1 aromatic rings. The molecule has 94 valence electrons. The van der Waals surface area contributed by atoms with Crippen molar-refractivity contribution in [3.05, 3.63) is 18.0 Å². The second-order valence-electron chi connectivity index (χ2n) is 4.57. The number of aromatic nitrogens is 2. The number of hydrogen-bond donors (Lipinski definition) is 2. The van der Waals surface area contributed by atoms with Gasteiger partial charge in [-0.1, -0.05) is 6.42 Å². The average molecular weight is 236 g/mol. The second kappa shape index (κ2) is 5.82. The summed E-state index contributed by atoms with van der Waals surface area (Å²) in [6, 6.07) is 2.27. The molecule has 0 aliphatic carbocycles. The summed E-state index contributed by atoms with van der Waals surface area (Å²) in [6.45, 7) is 1.60. The van der Waals surface area contributed by atoms with Crippen LogP contribution in [0.5, 0.6) is 0 Å². The van der Waals surface area contributed by atoms with E-state index in [1.165, 1.54) is 12.8 Å². The Hall–Kier alpha value is -1.36. The first kappa shape index (κ1) is 12.1. The fourth-order valence-corrected chi connectivity index (χ4v) is 2.16. The van der Waals surface area contributed by atoms with E-state index in [1.54, 1.807) is 10.9 Å². The first-order valence-corrected chi connectivity index (χ1v) is 6.22. The van der Waals surface area contributed by atoms with Crippen molar-refractivity contribution in [2.45, 2.75) is 38.3 Å². The monoisotopic (exact) mass is 236 g/mol. The number of rotatable bonds is 4. The SMILES string of the molecule is Cn1nccc1CNC(=O)CC1CCCCN1. The van der Waals surface area contributed by atoms with Crippen LogP contribution in [0, 0.1) is 0 Å². The molecule has 1 saturated heterocycles. The van der Waals surface area contributed by atoms with Gasteiger partial charge >= 0.3 is 0 Å². The Kier molecular flexibility index (Phi) is 4.14. The molecule has 2 N–H and O–H groups in total. The zero-order valence-electron chi connectivity index (χ0n) is 10.3. The van der Waals surface area contributed by atoms with Crippen LogP contribution >= 0.6 is 0 Å². The van der Waals surface area contributed by atoms with Crippen LogP contribution in [0.2, 0.25) is 0 Å². The van der Waals surface area contributed by atoms with Crippen LogP contribution < -0.4 is 10.6 Å². The maximum Gasteiger partial charge on any atom is 0.221 e. The van der Waals surface area contributed by atoms with Crippen molar-refractivity contribution >= 4 is 5.91 Å². The number of piperidine rings is 1. The van der Waals surface area contributed by atoms with Crippen molar-refractivity contribution in [3.63, 3.8) is 0 Å². The summed E-state index contributed by atoms with van der Waals surface area (Å²) in [5.41, 5.74) is 1.02. The van der Waals surface area contributed by atoms with Gasteiger partial charge in [-0.2, -0.15) is 5.10 Å². The summed E-state index contributed by atoms with van der Waals surface area (Å²) in [5.74, 6) is 0.116. The van der Waals surface area contributed by atoms with Gasteiger partial charge in [0.1, 0.15) is 0 Å². The molecular formula is C12H20N4O. The third-order valence-corrected chi connectivity index (χ3v) is 3.23. The van der Waals surface area contributed by atoms with Crippen molar-refractivity contribution < 1.29 is 4.79 Å². The van der Waals surface area contributed by atoms with Crippen molar-refractivity contribution in [1.82, 2.24) is 20.4 Å². The lowest BCUT2D eigenvalue weighted by atomic mass is 10.0. The van der Waals surface area contributed by atoms with E-state index in [2.05, 4.69) is 15.7 Å². The van der Waals surface area contributed by atoms with Gasteiger partial charge in [-0.25, -0.2) is 0 Å². The maximum atomic E-state index is 11.7. The second-order valence-corrected chi connectivity index (χ2v) is 4.57. The number of nitrogens with one attached hydrogen (secondary N) is 2. The fraction of sp³-hybridized carbons (Fsp3) is 0.667. The normalized spacial score (nSPS) is 20.2. The molecule has 2 heterocycles. The molecule has 1 amide bonds. The van der Waals surface area contributed by atoms with E-state index in [0.29, 0.717) is 19.0 Å². The first-order chi connectivity index (χ1) is 8.25. The molecule has 0 radical (unpaired) electrons. The minimum absolute atomic E-state index is 0.116. The summed E-state index contributed by atoms with van der Waals surface area (Å²) in [7, 11) is 1.88. The fourth-order valence-electron chi connectivity index (χ4n) is 2.16. The summed E-state index contributed by atoms with van der Waals surface area (Å²) >= 11 is 0. The van der Waals surface area contributed by atoms with E-state index in [-0.39, 0.29) is 5.91 Å². The Morgan fingerprint density at radius 2 is 2.53 bits per heavy atom. The molecule has 2 rings (SSSR count). The molecule has 0 spiro atoms. The molecule has 1 aliphatic rings. The summed E-state index contributed by atoms with van der Waals surface area (Å²) in [4.78, 5) is 11.7. The van der Waals surface area contributed by atoms with Crippen LogP contribution in [0.4, 0.5) is 0 Å². The quantitative estimate of drug-likeness (QED) is 0.803. The van der Waals surface area contributed by atoms with Crippen LogP contribution in [0.25, 0.3) is 0 Å². The van der Waals surface area contributed by atoms with Crippen LogP contribution in [-0.4, -0.2) is 28.3 Å². The van der Waals surface area contributed by atoms with Gasteiger partial charge in [-0.05, 0) is 25.5 Å². The summed E-state index contributed by atoms with van der Waals surface area (Å²) in [6.07, 6.45) is 5.89. The van der Waals surface area contributed by atoms with Gasteiger partial charge < -0.3 is 10.6 Å². The highest BCUT2D eigenvalue weighted by Gasteiger charge is 2.16. The van der Waals surface area contributed by atoms with Gasteiger partial charge in [0.25, 0.3) is 0 Å². The van der Waals surface area contributed by atoms with Gasteiger partial charge in [0.05, 0.1) is 12.2 Å². The van der Waals surface area contributed by atoms with Crippen LogP contribution in [0.1, 0.15) is 31.4 Å². The van der Waals surface area contributed by atoms with Crippen molar-refractivity contribution in [2.24, 2.45) is 7.05 Å². The third kappa shape index (κ3) is 3.56. The Morgan fingerprint density at radius 3 is 3.18 bits per heavy atom. The average Bonchev–Trinajstić information content (AvgIpc) is 2.74. The molecule has 1 fully saturated rings. The highest BCUT2D eigenvalue weighted by atomic mass is 16.1. The number of carbonyl (C=O) groups excluding carboxylic acids is 1. The lowest BCUT2D eigenvalue weighted by Crippen LogP contribution is -2.38. The number of hydrogen-bond acceptors (Lipinski definition) is 3. The van der Waals surface area contributed by atoms with E-state index in [0.717, 1.165) is 18.7 Å². The number of aryl methyl sites for hydroxylation is 1. The van der Waals surface area contributed by atoms with E-state index >= 15 is 0 Å². The molecule has 0 saturated carbocycles. The zero-order valence-corrected chi connectivity index (χ0v) is 10.3. The minimum Gasteiger partial charge on any atom is -0.350 e.